The molecule has 0 amide bonds. The second-order valence-corrected chi connectivity index (χ2v) is 6.02. The van der Waals surface area contributed by atoms with E-state index in [9.17, 15) is 4.79 Å². The summed E-state index contributed by atoms with van der Waals surface area (Å²) in [5.41, 5.74) is 0.785. The van der Waals surface area contributed by atoms with Gasteiger partial charge in [0, 0.05) is 18.0 Å². The third kappa shape index (κ3) is 3.36. The van der Waals surface area contributed by atoms with Crippen LogP contribution >= 0.6 is 11.8 Å². The van der Waals surface area contributed by atoms with Crippen molar-refractivity contribution < 1.29 is 13.9 Å². The molecule has 2 heterocycles. The maximum Gasteiger partial charge on any atom is 0.322 e. The summed E-state index contributed by atoms with van der Waals surface area (Å²) < 4.78 is 9.77. The average Bonchev–Trinajstić information content (AvgIpc) is 2.88. The summed E-state index contributed by atoms with van der Waals surface area (Å²) in [7, 11) is 0. The van der Waals surface area contributed by atoms with Crippen molar-refractivity contribution in [3.05, 3.63) is 24.5 Å². The van der Waals surface area contributed by atoms with Crippen LogP contribution in [0.25, 0.3) is 11.5 Å². The van der Waals surface area contributed by atoms with E-state index >= 15 is 0 Å². The minimum Gasteiger partial charge on any atom is -0.465 e. The maximum atomic E-state index is 11.8. The molecule has 106 valence electrons. The predicted octanol–water partition coefficient (Wildman–Crippen LogP) is 2.57. The Bertz CT molecular complexity index is 584. The molecule has 0 saturated carbocycles. The molecule has 0 saturated heterocycles. The monoisotopic (exact) mass is 293 g/mol. The average molecular weight is 293 g/mol. The van der Waals surface area contributed by atoms with Gasteiger partial charge in [-0.3, -0.25) is 9.78 Å². The third-order valence-corrected chi connectivity index (χ3v) is 3.46. The SMILES string of the molecule is CCOC(=O)C(C)(C)Sc1nnc(-c2ccncc2)o1. The Labute approximate surface area is 120 Å². The van der Waals surface area contributed by atoms with Gasteiger partial charge in [0.1, 0.15) is 4.75 Å². The van der Waals surface area contributed by atoms with E-state index in [1.807, 2.05) is 0 Å². The van der Waals surface area contributed by atoms with Crippen LogP contribution < -0.4 is 0 Å². The normalized spacial score (nSPS) is 11.3. The molecule has 0 spiro atoms. The number of thioether (sulfide) groups is 1. The molecule has 2 aromatic heterocycles. The van der Waals surface area contributed by atoms with Crippen molar-refractivity contribution in [1.82, 2.24) is 15.2 Å². The van der Waals surface area contributed by atoms with Crippen LogP contribution in [0, 0.1) is 0 Å². The smallest absolute Gasteiger partial charge is 0.322 e. The summed E-state index contributed by atoms with van der Waals surface area (Å²) in [5.74, 6) is 0.0863. The van der Waals surface area contributed by atoms with E-state index in [0.717, 1.165) is 5.56 Å². The number of pyridine rings is 1. The van der Waals surface area contributed by atoms with Crippen LogP contribution in [-0.4, -0.2) is 32.5 Å². The van der Waals surface area contributed by atoms with E-state index in [1.54, 1.807) is 45.3 Å². The van der Waals surface area contributed by atoms with Crippen molar-refractivity contribution >= 4 is 17.7 Å². The molecule has 0 unspecified atom stereocenters. The molecule has 0 aliphatic rings. The molecule has 0 fully saturated rings. The lowest BCUT2D eigenvalue weighted by Crippen LogP contribution is -2.29. The van der Waals surface area contributed by atoms with Crippen molar-refractivity contribution in [3.63, 3.8) is 0 Å². The van der Waals surface area contributed by atoms with Crippen LogP contribution in [0.3, 0.4) is 0 Å². The second-order valence-electron chi connectivity index (χ2n) is 4.44. The summed E-state index contributed by atoms with van der Waals surface area (Å²) in [6.45, 7) is 5.62. The van der Waals surface area contributed by atoms with Gasteiger partial charge in [-0.15, -0.1) is 10.2 Å². The second kappa shape index (κ2) is 6.04. The lowest BCUT2D eigenvalue weighted by molar-refractivity contribution is -0.145. The van der Waals surface area contributed by atoms with E-state index < -0.39 is 4.75 Å². The number of esters is 1. The summed E-state index contributed by atoms with van der Waals surface area (Å²) in [4.78, 5) is 15.7. The Balaban J connectivity index is 2.12. The predicted molar refractivity (Wildman–Crippen MR) is 74.1 cm³/mol. The first-order chi connectivity index (χ1) is 9.53. The van der Waals surface area contributed by atoms with Crippen LogP contribution in [0.15, 0.2) is 34.2 Å². The highest BCUT2D eigenvalue weighted by Crippen LogP contribution is 2.33. The fourth-order valence-corrected chi connectivity index (χ4v) is 2.21. The molecule has 0 aliphatic heterocycles. The molecule has 0 bridgehead atoms. The highest BCUT2D eigenvalue weighted by molar-refractivity contribution is 8.01. The maximum absolute atomic E-state index is 11.8. The van der Waals surface area contributed by atoms with Crippen molar-refractivity contribution in [2.45, 2.75) is 30.7 Å². The van der Waals surface area contributed by atoms with E-state index in [4.69, 9.17) is 9.15 Å². The Morgan fingerprint density at radius 1 is 1.35 bits per heavy atom. The number of carbonyl (C=O) groups is 1. The quantitative estimate of drug-likeness (QED) is 0.619. The summed E-state index contributed by atoms with van der Waals surface area (Å²) in [6, 6.07) is 3.55. The van der Waals surface area contributed by atoms with Crippen LogP contribution in [0.4, 0.5) is 0 Å². The molecule has 7 heteroatoms. The molecular weight excluding hydrogens is 278 g/mol. The van der Waals surface area contributed by atoms with Crippen molar-refractivity contribution in [1.29, 1.82) is 0 Å². The summed E-state index contributed by atoms with van der Waals surface area (Å²) in [5, 5.41) is 8.23. The molecule has 0 aliphatic carbocycles. The highest BCUT2D eigenvalue weighted by atomic mass is 32.2. The zero-order chi connectivity index (χ0) is 14.6. The lowest BCUT2D eigenvalue weighted by atomic mass is 10.2. The number of aromatic nitrogens is 3. The number of nitrogens with zero attached hydrogens (tertiary/aromatic N) is 3. The van der Waals surface area contributed by atoms with Gasteiger partial charge in [-0.2, -0.15) is 0 Å². The number of rotatable bonds is 5. The first-order valence-corrected chi connectivity index (χ1v) is 6.94. The fraction of sp³-hybridized carbons (Fsp3) is 0.385. The van der Waals surface area contributed by atoms with Gasteiger partial charge >= 0.3 is 5.97 Å². The molecule has 0 radical (unpaired) electrons. The minimum atomic E-state index is -0.780. The Hall–Kier alpha value is -1.89. The van der Waals surface area contributed by atoms with E-state index in [-0.39, 0.29) is 5.97 Å². The van der Waals surface area contributed by atoms with E-state index in [1.165, 1.54) is 11.8 Å². The number of hydrogen-bond acceptors (Lipinski definition) is 7. The van der Waals surface area contributed by atoms with Gasteiger partial charge < -0.3 is 9.15 Å². The van der Waals surface area contributed by atoms with Crippen molar-refractivity contribution in [3.8, 4) is 11.5 Å². The minimum absolute atomic E-state index is 0.311. The van der Waals surface area contributed by atoms with Gasteiger partial charge in [0.2, 0.25) is 5.89 Å². The Kier molecular flexibility index (Phi) is 4.39. The first-order valence-electron chi connectivity index (χ1n) is 6.13. The van der Waals surface area contributed by atoms with E-state index in [0.29, 0.717) is 17.7 Å². The molecule has 0 N–H and O–H groups in total. The van der Waals surface area contributed by atoms with Gasteiger partial charge in [0.25, 0.3) is 5.22 Å². The first kappa shape index (κ1) is 14.5. The van der Waals surface area contributed by atoms with Gasteiger partial charge in [-0.25, -0.2) is 0 Å². The standard InChI is InChI=1S/C13H15N3O3S/c1-4-18-11(17)13(2,3)20-12-16-15-10(19-12)9-5-7-14-8-6-9/h5-8H,4H2,1-3H3. The van der Waals surface area contributed by atoms with Gasteiger partial charge in [0.05, 0.1) is 6.61 Å². The van der Waals surface area contributed by atoms with Crippen LogP contribution in [0.1, 0.15) is 20.8 Å². The zero-order valence-corrected chi connectivity index (χ0v) is 12.3. The van der Waals surface area contributed by atoms with Crippen LogP contribution in [-0.2, 0) is 9.53 Å². The Morgan fingerprint density at radius 2 is 2.05 bits per heavy atom. The van der Waals surface area contributed by atoms with Crippen molar-refractivity contribution in [2.75, 3.05) is 6.61 Å². The number of carbonyl (C=O) groups excluding carboxylic acids is 1. The molecule has 0 aromatic carbocycles. The largest absolute Gasteiger partial charge is 0.465 e. The summed E-state index contributed by atoms with van der Waals surface area (Å²) in [6.07, 6.45) is 3.30. The highest BCUT2D eigenvalue weighted by Gasteiger charge is 2.33. The van der Waals surface area contributed by atoms with Gasteiger partial charge in [-0.05, 0) is 44.7 Å². The Morgan fingerprint density at radius 3 is 2.70 bits per heavy atom. The molecule has 0 atom stereocenters. The van der Waals surface area contributed by atoms with E-state index in [2.05, 4.69) is 15.2 Å². The van der Waals surface area contributed by atoms with Crippen LogP contribution in [0.2, 0.25) is 0 Å². The van der Waals surface area contributed by atoms with Crippen LogP contribution in [0.5, 0.6) is 0 Å². The molecule has 2 aromatic rings. The molecule has 2 rings (SSSR count). The van der Waals surface area contributed by atoms with Crippen molar-refractivity contribution in [2.24, 2.45) is 0 Å². The van der Waals surface area contributed by atoms with Gasteiger partial charge in [-0.1, -0.05) is 0 Å². The summed E-state index contributed by atoms with van der Waals surface area (Å²) >= 11 is 1.18. The molecular formula is C13H15N3O3S. The van der Waals surface area contributed by atoms with Gasteiger partial charge in [0.15, 0.2) is 0 Å². The fourth-order valence-electron chi connectivity index (χ4n) is 1.43. The number of hydrogen-bond donors (Lipinski definition) is 0. The zero-order valence-electron chi connectivity index (χ0n) is 11.5. The number of ether oxygens (including phenoxy) is 1. The lowest BCUT2D eigenvalue weighted by Gasteiger charge is -2.18. The molecule has 6 nitrogen and oxygen atoms in total. The third-order valence-electron chi connectivity index (χ3n) is 2.44. The molecule has 20 heavy (non-hydrogen) atoms. The topological polar surface area (TPSA) is 78.1 Å².